The summed E-state index contributed by atoms with van der Waals surface area (Å²) in [6.07, 6.45) is 2.30. The molecule has 5 nitrogen and oxygen atoms in total. The molecule has 1 aliphatic heterocycles. The van der Waals surface area contributed by atoms with Gasteiger partial charge in [-0.2, -0.15) is 0 Å². The van der Waals surface area contributed by atoms with Crippen molar-refractivity contribution in [1.82, 2.24) is 9.80 Å². The van der Waals surface area contributed by atoms with Crippen LogP contribution in [0.5, 0.6) is 0 Å². The number of anilines is 1. The first-order chi connectivity index (χ1) is 16.9. The van der Waals surface area contributed by atoms with E-state index in [0.717, 1.165) is 35.5 Å². The number of piperidine rings is 1. The number of thiophene rings is 1. The van der Waals surface area contributed by atoms with Crippen molar-refractivity contribution in [1.29, 1.82) is 0 Å². The third-order valence-corrected chi connectivity index (χ3v) is 8.06. The predicted molar refractivity (Wildman–Crippen MR) is 144 cm³/mol. The predicted octanol–water partition coefficient (Wildman–Crippen LogP) is 5.43. The maximum Gasteiger partial charge on any atom is 0.250 e. The Morgan fingerprint density at radius 1 is 0.971 bits per heavy atom. The number of hydrogen-bond acceptors (Lipinski definition) is 4. The summed E-state index contributed by atoms with van der Waals surface area (Å²) < 4.78 is 0. The number of hydrogen-bond donors (Lipinski definition) is 1. The fourth-order valence-electron chi connectivity index (χ4n) is 4.91. The van der Waals surface area contributed by atoms with Gasteiger partial charge in [0.15, 0.2) is 0 Å². The van der Waals surface area contributed by atoms with E-state index >= 15 is 0 Å². The van der Waals surface area contributed by atoms with Crippen LogP contribution in [-0.4, -0.2) is 47.3 Å². The summed E-state index contributed by atoms with van der Waals surface area (Å²) in [5, 5.41) is 5.29. The monoisotopic (exact) mass is 489 g/mol. The highest BCUT2D eigenvalue weighted by molar-refractivity contribution is 7.09. The average Bonchev–Trinajstić information content (AvgIpc) is 3.38. The van der Waals surface area contributed by atoms with Gasteiger partial charge in [-0.1, -0.05) is 54.6 Å². The van der Waals surface area contributed by atoms with Crippen molar-refractivity contribution in [3.8, 4) is 0 Å². The number of nitrogens with zero attached hydrogens (tertiary/aromatic N) is 2. The van der Waals surface area contributed by atoms with Crippen molar-refractivity contribution >= 4 is 28.8 Å². The van der Waals surface area contributed by atoms with Gasteiger partial charge in [-0.3, -0.25) is 9.59 Å². The summed E-state index contributed by atoms with van der Waals surface area (Å²) in [6.45, 7) is 5.98. The molecule has 0 atom stereocenters. The lowest BCUT2D eigenvalue weighted by Gasteiger charge is -2.47. The number of amides is 2. The molecule has 2 aromatic carbocycles. The Morgan fingerprint density at radius 2 is 1.66 bits per heavy atom. The van der Waals surface area contributed by atoms with Crippen molar-refractivity contribution in [2.45, 2.75) is 51.6 Å². The third-order valence-electron chi connectivity index (χ3n) is 7.12. The number of carbonyl (C=O) groups is 2. The van der Waals surface area contributed by atoms with E-state index in [2.05, 4.69) is 23.3 Å². The normalized spacial score (nSPS) is 15.5. The van der Waals surface area contributed by atoms with Crippen molar-refractivity contribution < 1.29 is 9.59 Å². The van der Waals surface area contributed by atoms with Crippen LogP contribution in [-0.2, 0) is 22.6 Å². The molecule has 0 bridgehead atoms. The van der Waals surface area contributed by atoms with Crippen molar-refractivity contribution in [3.63, 3.8) is 0 Å². The van der Waals surface area contributed by atoms with Crippen molar-refractivity contribution in [2.24, 2.45) is 0 Å². The molecule has 0 saturated carbocycles. The summed E-state index contributed by atoms with van der Waals surface area (Å²) in [5.74, 6) is -0.0492. The van der Waals surface area contributed by atoms with Gasteiger partial charge in [0, 0.05) is 36.6 Å². The first-order valence-corrected chi connectivity index (χ1v) is 13.2. The van der Waals surface area contributed by atoms with E-state index < -0.39 is 5.54 Å². The molecule has 1 saturated heterocycles. The zero-order chi connectivity index (χ0) is 24.8. The van der Waals surface area contributed by atoms with Crippen LogP contribution < -0.4 is 5.32 Å². The number of benzene rings is 2. The van der Waals surface area contributed by atoms with Crippen molar-refractivity contribution in [2.75, 3.05) is 25.5 Å². The quantitative estimate of drug-likeness (QED) is 0.459. The summed E-state index contributed by atoms with van der Waals surface area (Å²) in [4.78, 5) is 33.3. The van der Waals surface area contributed by atoms with Gasteiger partial charge in [0.2, 0.25) is 11.8 Å². The van der Waals surface area contributed by atoms with E-state index in [4.69, 9.17) is 0 Å². The summed E-state index contributed by atoms with van der Waals surface area (Å²) in [7, 11) is 2.08. The van der Waals surface area contributed by atoms with E-state index in [0.29, 0.717) is 32.2 Å². The van der Waals surface area contributed by atoms with Crippen LogP contribution in [0.3, 0.4) is 0 Å². The molecule has 184 valence electrons. The smallest absolute Gasteiger partial charge is 0.250 e. The van der Waals surface area contributed by atoms with E-state index in [-0.39, 0.29) is 11.8 Å². The molecule has 1 aliphatic rings. The zero-order valence-corrected chi connectivity index (χ0v) is 21.7. The second-order valence-electron chi connectivity index (χ2n) is 9.60. The molecule has 2 amide bonds. The number of nitrogens with one attached hydrogen (secondary N) is 1. The molecule has 4 rings (SSSR count). The second kappa shape index (κ2) is 11.2. The van der Waals surface area contributed by atoms with Gasteiger partial charge in [0.25, 0.3) is 0 Å². The average molecular weight is 490 g/mol. The van der Waals surface area contributed by atoms with Crippen molar-refractivity contribution in [3.05, 3.63) is 87.6 Å². The van der Waals surface area contributed by atoms with Crippen LogP contribution in [0.15, 0.2) is 66.0 Å². The van der Waals surface area contributed by atoms with Crippen LogP contribution in [0.2, 0.25) is 0 Å². The molecule has 1 fully saturated rings. The fraction of sp³-hybridized carbons (Fsp3) is 0.379. The highest BCUT2D eigenvalue weighted by atomic mass is 32.1. The molecule has 0 unspecified atom stereocenters. The van der Waals surface area contributed by atoms with Crippen LogP contribution in [0.25, 0.3) is 0 Å². The Kier molecular flexibility index (Phi) is 8.04. The lowest BCUT2D eigenvalue weighted by molar-refractivity contribution is -0.149. The topological polar surface area (TPSA) is 52.7 Å². The molecular formula is C29H35N3O2S. The summed E-state index contributed by atoms with van der Waals surface area (Å²) >= 11 is 1.67. The third kappa shape index (κ3) is 5.82. The van der Waals surface area contributed by atoms with Gasteiger partial charge in [0.1, 0.15) is 5.54 Å². The first-order valence-electron chi connectivity index (χ1n) is 12.3. The Bertz CT molecular complexity index is 1120. The molecule has 3 aromatic rings. The maximum atomic E-state index is 14.1. The van der Waals surface area contributed by atoms with Gasteiger partial charge in [-0.15, -0.1) is 11.3 Å². The number of carbonyl (C=O) groups excluding carboxylic acids is 2. The van der Waals surface area contributed by atoms with Gasteiger partial charge in [-0.05, 0) is 68.3 Å². The Morgan fingerprint density at radius 3 is 2.29 bits per heavy atom. The highest BCUT2D eigenvalue weighted by Gasteiger charge is 2.48. The molecule has 0 radical (unpaired) electrons. The van der Waals surface area contributed by atoms with Gasteiger partial charge >= 0.3 is 0 Å². The minimum Gasteiger partial charge on any atom is -0.324 e. The van der Waals surface area contributed by atoms with Gasteiger partial charge in [0.05, 0.1) is 0 Å². The summed E-state index contributed by atoms with van der Waals surface area (Å²) in [5.41, 5.74) is 3.04. The number of likely N-dealkylation sites (tertiary alicyclic amines) is 1. The number of rotatable bonds is 8. The highest BCUT2D eigenvalue weighted by Crippen LogP contribution is 2.34. The summed E-state index contributed by atoms with van der Waals surface area (Å²) in [6, 6.07) is 20.1. The lowest BCUT2D eigenvalue weighted by Crippen LogP contribution is -2.62. The van der Waals surface area contributed by atoms with Crippen LogP contribution >= 0.6 is 11.3 Å². The molecular weight excluding hydrogens is 454 g/mol. The standard InChI is InChI=1S/C29H35N3O2S/c1-22-9-7-10-23(2)27(22)30-28(34)29(16-18-31(3)19-17-29)32(21-24-11-5-4-6-12-24)26(33)15-14-25-13-8-20-35-25/h4-13,20H,14-19,21H2,1-3H3,(H,30,34). The van der Waals surface area contributed by atoms with Gasteiger partial charge < -0.3 is 15.1 Å². The molecule has 0 aliphatic carbocycles. The minimum atomic E-state index is -0.899. The lowest BCUT2D eigenvalue weighted by atomic mass is 9.83. The largest absolute Gasteiger partial charge is 0.324 e. The SMILES string of the molecule is Cc1cccc(C)c1NC(=O)C1(N(Cc2ccccc2)C(=O)CCc2cccs2)CCN(C)CC1. The molecule has 2 heterocycles. The van der Waals surface area contributed by atoms with Crippen LogP contribution in [0.1, 0.15) is 40.8 Å². The Labute approximate surface area is 212 Å². The molecule has 1 aromatic heterocycles. The van der Waals surface area contributed by atoms with E-state index in [1.807, 2.05) is 78.7 Å². The van der Waals surface area contributed by atoms with Crippen LogP contribution in [0, 0.1) is 13.8 Å². The minimum absolute atomic E-state index is 0.0310. The second-order valence-corrected chi connectivity index (χ2v) is 10.6. The van der Waals surface area contributed by atoms with E-state index in [9.17, 15) is 9.59 Å². The number of aryl methyl sites for hydroxylation is 3. The van der Waals surface area contributed by atoms with Crippen LogP contribution in [0.4, 0.5) is 5.69 Å². The maximum absolute atomic E-state index is 14.1. The first kappa shape index (κ1) is 25.1. The molecule has 35 heavy (non-hydrogen) atoms. The molecule has 1 N–H and O–H groups in total. The van der Waals surface area contributed by atoms with E-state index in [1.165, 1.54) is 4.88 Å². The zero-order valence-electron chi connectivity index (χ0n) is 20.9. The Balaban J connectivity index is 1.69. The Hall–Kier alpha value is -2.96. The molecule has 0 spiro atoms. The number of para-hydroxylation sites is 1. The molecule has 6 heteroatoms. The van der Waals surface area contributed by atoms with E-state index in [1.54, 1.807) is 11.3 Å². The fourth-order valence-corrected chi connectivity index (χ4v) is 5.62. The van der Waals surface area contributed by atoms with Gasteiger partial charge in [-0.25, -0.2) is 0 Å².